The molecule has 3 aromatic rings. The van der Waals surface area contributed by atoms with Gasteiger partial charge in [-0.15, -0.1) is 0 Å². The van der Waals surface area contributed by atoms with Crippen LogP contribution in [0.5, 0.6) is 0 Å². The van der Waals surface area contributed by atoms with Gasteiger partial charge in [-0.2, -0.15) is 26.3 Å². The van der Waals surface area contributed by atoms with E-state index in [9.17, 15) is 30.7 Å². The zero-order valence-corrected chi connectivity index (χ0v) is 23.0. The van der Waals surface area contributed by atoms with E-state index < -0.39 is 47.6 Å². The van der Waals surface area contributed by atoms with E-state index in [2.05, 4.69) is 17.0 Å². The smallest absolute Gasteiger partial charge is 0.352 e. The summed E-state index contributed by atoms with van der Waals surface area (Å²) in [5, 5.41) is 0. The van der Waals surface area contributed by atoms with Crippen LogP contribution in [0.25, 0.3) is 0 Å². The molecule has 0 saturated carbocycles. The molecular weight excluding hydrogens is 563 g/mol. The quantitative estimate of drug-likeness (QED) is 0.255. The predicted molar refractivity (Wildman–Crippen MR) is 143 cm³/mol. The Morgan fingerprint density at radius 1 is 0.881 bits per heavy atom. The van der Waals surface area contributed by atoms with Crippen molar-refractivity contribution in [1.82, 2.24) is 4.90 Å². The zero-order valence-electron chi connectivity index (χ0n) is 23.0. The van der Waals surface area contributed by atoms with Crippen molar-refractivity contribution in [3.05, 3.63) is 106 Å². The molecule has 2 aliphatic rings. The molecule has 2 aliphatic heterocycles. The van der Waals surface area contributed by atoms with Crippen LogP contribution >= 0.6 is 0 Å². The summed E-state index contributed by atoms with van der Waals surface area (Å²) in [6.45, 7) is 3.36. The van der Waals surface area contributed by atoms with E-state index >= 15 is 0 Å². The van der Waals surface area contributed by atoms with Gasteiger partial charge in [0.15, 0.2) is 6.29 Å². The monoisotopic (exact) mass is 595 g/mol. The average Bonchev–Trinajstić information content (AvgIpc) is 3.40. The van der Waals surface area contributed by atoms with Crippen LogP contribution in [0.3, 0.4) is 0 Å². The first-order valence-electron chi connectivity index (χ1n) is 14.0. The van der Waals surface area contributed by atoms with Crippen LogP contribution in [-0.2, 0) is 28.4 Å². The summed E-state index contributed by atoms with van der Waals surface area (Å²) in [6.07, 6.45) is -9.48. The van der Waals surface area contributed by atoms with Gasteiger partial charge in [0.25, 0.3) is 0 Å². The molecular formula is C32H32F7NO2. The van der Waals surface area contributed by atoms with E-state index in [0.717, 1.165) is 31.5 Å². The molecule has 2 saturated heterocycles. The Hall–Kier alpha value is -2.95. The first kappa shape index (κ1) is 30.5. The third kappa shape index (κ3) is 6.98. The van der Waals surface area contributed by atoms with Gasteiger partial charge in [-0.1, -0.05) is 42.5 Å². The molecule has 0 radical (unpaired) electrons. The molecule has 0 aromatic heterocycles. The van der Waals surface area contributed by atoms with Crippen LogP contribution in [0.1, 0.15) is 66.0 Å². The highest BCUT2D eigenvalue weighted by atomic mass is 19.4. The number of benzene rings is 3. The van der Waals surface area contributed by atoms with Crippen molar-refractivity contribution in [2.24, 2.45) is 5.92 Å². The number of likely N-dealkylation sites (tertiary alicyclic amines) is 1. The summed E-state index contributed by atoms with van der Waals surface area (Å²) < 4.78 is 107. The first-order chi connectivity index (χ1) is 19.9. The molecule has 5 unspecified atom stereocenters. The second kappa shape index (κ2) is 12.3. The molecule has 0 aliphatic carbocycles. The number of alkyl halides is 6. The van der Waals surface area contributed by atoms with Gasteiger partial charge in [-0.25, -0.2) is 4.39 Å². The summed E-state index contributed by atoms with van der Waals surface area (Å²) in [7, 11) is 0. The highest BCUT2D eigenvalue weighted by Gasteiger charge is 2.44. The van der Waals surface area contributed by atoms with Crippen molar-refractivity contribution in [2.45, 2.75) is 69.4 Å². The third-order valence-corrected chi connectivity index (χ3v) is 8.30. The Morgan fingerprint density at radius 2 is 1.52 bits per heavy atom. The van der Waals surface area contributed by atoms with Crippen LogP contribution in [0.15, 0.2) is 72.8 Å². The molecule has 3 aromatic carbocycles. The van der Waals surface area contributed by atoms with Gasteiger partial charge in [0.1, 0.15) is 5.82 Å². The van der Waals surface area contributed by atoms with Crippen molar-refractivity contribution in [1.29, 1.82) is 0 Å². The van der Waals surface area contributed by atoms with Crippen LogP contribution in [0, 0.1) is 11.7 Å². The van der Waals surface area contributed by atoms with E-state index in [0.29, 0.717) is 25.2 Å². The number of ether oxygens (including phenoxy) is 2. The lowest BCUT2D eigenvalue weighted by atomic mass is 9.76. The van der Waals surface area contributed by atoms with Crippen molar-refractivity contribution in [3.63, 3.8) is 0 Å². The highest BCUT2D eigenvalue weighted by Crippen LogP contribution is 2.45. The molecule has 10 heteroatoms. The summed E-state index contributed by atoms with van der Waals surface area (Å²) in [6, 6.07) is 17.6. The second-order valence-electron chi connectivity index (χ2n) is 11.1. The maximum atomic E-state index is 13.9. The predicted octanol–water partition coefficient (Wildman–Crippen LogP) is 8.75. The molecule has 0 N–H and O–H groups in total. The second-order valence-corrected chi connectivity index (χ2v) is 11.1. The van der Waals surface area contributed by atoms with Crippen molar-refractivity contribution in [2.75, 3.05) is 13.2 Å². The molecule has 3 nitrogen and oxygen atoms in total. The third-order valence-electron chi connectivity index (χ3n) is 8.30. The summed E-state index contributed by atoms with van der Waals surface area (Å²) in [5.41, 5.74) is -1.15. The number of rotatable bonds is 7. The minimum atomic E-state index is -4.97. The number of hydrogen-bond acceptors (Lipinski definition) is 3. The normalized spacial score (nSPS) is 24.6. The van der Waals surface area contributed by atoms with Gasteiger partial charge in [0.2, 0.25) is 0 Å². The molecule has 2 fully saturated rings. The summed E-state index contributed by atoms with van der Waals surface area (Å²) in [5.74, 6) is -0.844. The lowest BCUT2D eigenvalue weighted by molar-refractivity contribution is -0.213. The fourth-order valence-electron chi connectivity index (χ4n) is 6.29. The highest BCUT2D eigenvalue weighted by molar-refractivity contribution is 5.35. The Morgan fingerprint density at radius 3 is 2.14 bits per heavy atom. The topological polar surface area (TPSA) is 21.7 Å². The summed E-state index contributed by atoms with van der Waals surface area (Å²) >= 11 is 0. The maximum Gasteiger partial charge on any atom is 0.416 e. The zero-order chi connectivity index (χ0) is 30.1. The molecule has 42 heavy (non-hydrogen) atoms. The molecule has 5 rings (SSSR count). The Bertz CT molecular complexity index is 1300. The van der Waals surface area contributed by atoms with Crippen LogP contribution in [0.4, 0.5) is 30.7 Å². The first-order valence-corrected chi connectivity index (χ1v) is 14.0. The fourth-order valence-corrected chi connectivity index (χ4v) is 6.29. The fraction of sp³-hybridized carbons (Fsp3) is 0.438. The van der Waals surface area contributed by atoms with Crippen molar-refractivity contribution < 1.29 is 40.2 Å². The number of hydrogen-bond donors (Lipinski definition) is 0. The van der Waals surface area contributed by atoms with Gasteiger partial charge in [-0.3, -0.25) is 4.90 Å². The standard InChI is InChI=1S/C32H32F7NO2/c1-20(23-16-24(31(34,35)36)18-25(17-23)32(37,38)39)42-30-29(22-9-11-26(33)12-10-22)27(13-15-41-30)28-8-5-14-40(28)19-21-6-3-2-4-7-21/h2-4,6-7,9-12,16-18,20,27-30H,5,8,13-15,19H2,1H3. The molecule has 0 amide bonds. The van der Waals surface area contributed by atoms with E-state index in [1.54, 1.807) is 12.1 Å². The summed E-state index contributed by atoms with van der Waals surface area (Å²) in [4.78, 5) is 2.41. The van der Waals surface area contributed by atoms with E-state index in [1.165, 1.54) is 24.6 Å². The molecule has 0 spiro atoms. The van der Waals surface area contributed by atoms with E-state index in [4.69, 9.17) is 9.47 Å². The largest absolute Gasteiger partial charge is 0.416 e. The van der Waals surface area contributed by atoms with Gasteiger partial charge in [0.05, 0.1) is 23.8 Å². The SMILES string of the molecule is CC(OC1OCCC(C2CCCN2Cc2ccccc2)C1c1ccc(F)cc1)c1cc(C(F)(F)F)cc(C(F)(F)F)c1. The Balaban J connectivity index is 1.46. The van der Waals surface area contributed by atoms with Crippen LogP contribution in [0.2, 0.25) is 0 Å². The van der Waals surface area contributed by atoms with Gasteiger partial charge < -0.3 is 9.47 Å². The van der Waals surface area contributed by atoms with Crippen molar-refractivity contribution in [3.8, 4) is 0 Å². The molecule has 2 heterocycles. The van der Waals surface area contributed by atoms with Gasteiger partial charge >= 0.3 is 12.4 Å². The van der Waals surface area contributed by atoms with Gasteiger partial charge in [0, 0.05) is 18.5 Å². The molecule has 5 atom stereocenters. The van der Waals surface area contributed by atoms with Crippen LogP contribution in [-0.4, -0.2) is 30.4 Å². The lowest BCUT2D eigenvalue weighted by Gasteiger charge is -2.44. The van der Waals surface area contributed by atoms with E-state index in [1.807, 2.05) is 18.2 Å². The lowest BCUT2D eigenvalue weighted by Crippen LogP contribution is -2.46. The Labute approximate surface area is 240 Å². The Kier molecular flexibility index (Phi) is 8.97. The molecule has 226 valence electrons. The van der Waals surface area contributed by atoms with Crippen molar-refractivity contribution >= 4 is 0 Å². The minimum Gasteiger partial charge on any atom is -0.352 e. The minimum absolute atomic E-state index is 0.000121. The van der Waals surface area contributed by atoms with Crippen LogP contribution < -0.4 is 0 Å². The maximum absolute atomic E-state index is 13.9. The average molecular weight is 596 g/mol. The van der Waals surface area contributed by atoms with Gasteiger partial charge in [-0.05, 0) is 85.7 Å². The number of halogens is 7. The van der Waals surface area contributed by atoms with E-state index in [-0.39, 0.29) is 23.6 Å². The number of nitrogens with zero attached hydrogens (tertiary/aromatic N) is 1. The molecule has 0 bridgehead atoms.